The third-order valence-electron chi connectivity index (χ3n) is 5.88. The smallest absolute Gasteiger partial charge is 0.123 e. The second kappa shape index (κ2) is 9.03. The van der Waals surface area contributed by atoms with Crippen molar-refractivity contribution >= 4 is 0 Å². The number of halogens is 1. The van der Waals surface area contributed by atoms with Crippen LogP contribution in [-0.4, -0.2) is 51.0 Å². The zero-order valence-corrected chi connectivity index (χ0v) is 16.4. The Balaban J connectivity index is 1.54. The van der Waals surface area contributed by atoms with Gasteiger partial charge in [-0.15, -0.1) is 0 Å². The summed E-state index contributed by atoms with van der Waals surface area (Å²) in [6.07, 6.45) is 1.11. The van der Waals surface area contributed by atoms with Gasteiger partial charge in [-0.1, -0.05) is 24.3 Å². The minimum atomic E-state index is -0.197. The fraction of sp³-hybridized carbons (Fsp3) is 0.478. The van der Waals surface area contributed by atoms with Crippen LogP contribution in [0.3, 0.4) is 0 Å². The summed E-state index contributed by atoms with van der Waals surface area (Å²) in [5.74, 6) is 1.47. The van der Waals surface area contributed by atoms with Crippen molar-refractivity contribution in [1.82, 2.24) is 4.90 Å². The standard InChI is InChI=1S/C23H28FNO3/c1-26-21-8-2-17(3-9-21)12-25(13-18-10-11-27-14-18)23-16-28-15-22(23)19-4-6-20(24)7-5-19/h2-9,18,22-23H,10-16H2,1H3/t18?,22-,23+/m0/s1. The third kappa shape index (κ3) is 4.54. The Kier molecular flexibility index (Phi) is 6.25. The lowest BCUT2D eigenvalue weighted by Crippen LogP contribution is -2.42. The summed E-state index contributed by atoms with van der Waals surface area (Å²) >= 11 is 0. The molecule has 3 atom stereocenters. The molecule has 0 aromatic heterocycles. The van der Waals surface area contributed by atoms with Gasteiger partial charge in [0.1, 0.15) is 11.6 Å². The number of hydrogen-bond acceptors (Lipinski definition) is 4. The first-order valence-electron chi connectivity index (χ1n) is 10.0. The first-order valence-corrected chi connectivity index (χ1v) is 10.0. The average Bonchev–Trinajstić information content (AvgIpc) is 3.40. The van der Waals surface area contributed by atoms with Crippen molar-refractivity contribution in [2.24, 2.45) is 5.92 Å². The fourth-order valence-corrected chi connectivity index (χ4v) is 4.27. The Hall–Kier alpha value is -1.95. The number of ether oxygens (including phenoxy) is 3. The molecule has 0 radical (unpaired) electrons. The van der Waals surface area contributed by atoms with E-state index < -0.39 is 0 Å². The molecule has 2 aromatic carbocycles. The largest absolute Gasteiger partial charge is 0.497 e. The summed E-state index contributed by atoms with van der Waals surface area (Å²) in [6, 6.07) is 15.4. The van der Waals surface area contributed by atoms with Crippen LogP contribution >= 0.6 is 0 Å². The molecular weight excluding hydrogens is 357 g/mol. The predicted molar refractivity (Wildman–Crippen MR) is 106 cm³/mol. The van der Waals surface area contributed by atoms with Gasteiger partial charge < -0.3 is 14.2 Å². The van der Waals surface area contributed by atoms with Crippen LogP contribution in [0.15, 0.2) is 48.5 Å². The maximum absolute atomic E-state index is 13.4. The zero-order chi connectivity index (χ0) is 19.3. The van der Waals surface area contributed by atoms with E-state index in [4.69, 9.17) is 14.2 Å². The molecule has 2 aliphatic rings. The molecule has 2 saturated heterocycles. The lowest BCUT2D eigenvalue weighted by atomic mass is 9.92. The van der Waals surface area contributed by atoms with Crippen LogP contribution in [0.4, 0.5) is 4.39 Å². The van der Waals surface area contributed by atoms with Gasteiger partial charge >= 0.3 is 0 Å². The highest BCUT2D eigenvalue weighted by Crippen LogP contribution is 2.32. The van der Waals surface area contributed by atoms with Gasteiger partial charge in [-0.2, -0.15) is 0 Å². The van der Waals surface area contributed by atoms with Gasteiger partial charge in [0.25, 0.3) is 0 Å². The molecule has 4 nitrogen and oxygen atoms in total. The number of methoxy groups -OCH3 is 1. The molecule has 2 fully saturated rings. The zero-order valence-electron chi connectivity index (χ0n) is 16.4. The van der Waals surface area contributed by atoms with Gasteiger partial charge in [0, 0.05) is 31.7 Å². The Morgan fingerprint density at radius 1 is 1.00 bits per heavy atom. The van der Waals surface area contributed by atoms with Crippen LogP contribution in [0, 0.1) is 11.7 Å². The molecule has 4 rings (SSSR count). The van der Waals surface area contributed by atoms with Crippen LogP contribution in [0.2, 0.25) is 0 Å². The highest BCUT2D eigenvalue weighted by Gasteiger charge is 2.35. The van der Waals surface area contributed by atoms with E-state index in [0.29, 0.717) is 19.1 Å². The molecule has 0 aliphatic carbocycles. The molecule has 28 heavy (non-hydrogen) atoms. The first-order chi connectivity index (χ1) is 13.7. The summed E-state index contributed by atoms with van der Waals surface area (Å²) in [6.45, 7) is 4.89. The molecule has 2 aromatic rings. The van der Waals surface area contributed by atoms with Crippen molar-refractivity contribution < 1.29 is 18.6 Å². The Morgan fingerprint density at radius 3 is 2.46 bits per heavy atom. The Morgan fingerprint density at radius 2 is 1.79 bits per heavy atom. The average molecular weight is 385 g/mol. The molecule has 0 spiro atoms. The van der Waals surface area contributed by atoms with Gasteiger partial charge in [-0.3, -0.25) is 4.90 Å². The van der Waals surface area contributed by atoms with Crippen LogP contribution in [-0.2, 0) is 16.0 Å². The number of nitrogens with zero attached hydrogens (tertiary/aromatic N) is 1. The maximum atomic E-state index is 13.4. The summed E-state index contributed by atoms with van der Waals surface area (Å²) in [5, 5.41) is 0. The monoisotopic (exact) mass is 385 g/mol. The van der Waals surface area contributed by atoms with E-state index in [1.54, 1.807) is 19.2 Å². The van der Waals surface area contributed by atoms with Crippen molar-refractivity contribution in [2.45, 2.75) is 24.9 Å². The van der Waals surface area contributed by atoms with E-state index in [1.807, 2.05) is 24.3 Å². The summed E-state index contributed by atoms with van der Waals surface area (Å²) in [4.78, 5) is 2.53. The minimum absolute atomic E-state index is 0.197. The van der Waals surface area contributed by atoms with Crippen molar-refractivity contribution in [1.29, 1.82) is 0 Å². The van der Waals surface area contributed by atoms with Gasteiger partial charge in [0.2, 0.25) is 0 Å². The highest BCUT2D eigenvalue weighted by molar-refractivity contribution is 5.28. The molecular formula is C23H28FNO3. The normalized spacial score (nSPS) is 24.8. The molecule has 0 N–H and O–H groups in total. The SMILES string of the molecule is COc1ccc(CN(CC2CCOC2)[C@@H]2COC[C@H]2c2ccc(F)cc2)cc1. The molecule has 0 bridgehead atoms. The van der Waals surface area contributed by atoms with Crippen LogP contribution in [0.25, 0.3) is 0 Å². The van der Waals surface area contributed by atoms with Crippen molar-refractivity contribution in [3.63, 3.8) is 0 Å². The van der Waals surface area contributed by atoms with E-state index in [-0.39, 0.29) is 17.8 Å². The van der Waals surface area contributed by atoms with E-state index in [9.17, 15) is 4.39 Å². The summed E-state index contributed by atoms with van der Waals surface area (Å²) in [5.41, 5.74) is 2.40. The molecule has 5 heteroatoms. The lowest BCUT2D eigenvalue weighted by Gasteiger charge is -2.34. The molecule has 2 aliphatic heterocycles. The molecule has 2 heterocycles. The van der Waals surface area contributed by atoms with Gasteiger partial charge in [-0.25, -0.2) is 4.39 Å². The van der Waals surface area contributed by atoms with Crippen LogP contribution in [0.1, 0.15) is 23.5 Å². The van der Waals surface area contributed by atoms with E-state index in [0.717, 1.165) is 44.0 Å². The number of benzene rings is 2. The molecule has 1 unspecified atom stereocenters. The highest BCUT2D eigenvalue weighted by atomic mass is 19.1. The fourth-order valence-electron chi connectivity index (χ4n) is 4.27. The van der Waals surface area contributed by atoms with Crippen molar-refractivity contribution in [2.75, 3.05) is 40.1 Å². The van der Waals surface area contributed by atoms with Crippen molar-refractivity contribution in [3.05, 3.63) is 65.5 Å². The molecule has 0 amide bonds. The summed E-state index contributed by atoms with van der Waals surface area (Å²) < 4.78 is 30.2. The predicted octanol–water partition coefficient (Wildman–Crippen LogP) is 3.86. The lowest BCUT2D eigenvalue weighted by molar-refractivity contribution is 0.114. The van der Waals surface area contributed by atoms with E-state index in [1.165, 1.54) is 5.56 Å². The Bertz CT molecular complexity index is 743. The van der Waals surface area contributed by atoms with Gasteiger partial charge in [0.15, 0.2) is 0 Å². The molecule has 0 saturated carbocycles. The quantitative estimate of drug-likeness (QED) is 0.724. The first kappa shape index (κ1) is 19.4. The number of hydrogen-bond donors (Lipinski definition) is 0. The van der Waals surface area contributed by atoms with Gasteiger partial charge in [-0.05, 0) is 47.7 Å². The van der Waals surface area contributed by atoms with Crippen LogP contribution in [0.5, 0.6) is 5.75 Å². The molecule has 150 valence electrons. The number of rotatable bonds is 7. The van der Waals surface area contributed by atoms with E-state index in [2.05, 4.69) is 17.0 Å². The second-order valence-corrected chi connectivity index (χ2v) is 7.77. The topological polar surface area (TPSA) is 30.9 Å². The van der Waals surface area contributed by atoms with E-state index >= 15 is 0 Å². The van der Waals surface area contributed by atoms with Crippen molar-refractivity contribution in [3.8, 4) is 5.75 Å². The Labute approximate surface area is 166 Å². The third-order valence-corrected chi connectivity index (χ3v) is 5.88. The minimum Gasteiger partial charge on any atom is -0.497 e. The van der Waals surface area contributed by atoms with Gasteiger partial charge in [0.05, 0.1) is 26.9 Å². The van der Waals surface area contributed by atoms with Crippen LogP contribution < -0.4 is 4.74 Å². The maximum Gasteiger partial charge on any atom is 0.123 e. The summed E-state index contributed by atoms with van der Waals surface area (Å²) in [7, 11) is 1.69. The second-order valence-electron chi connectivity index (χ2n) is 7.77.